The van der Waals surface area contributed by atoms with Gasteiger partial charge in [-0.05, 0) is 97.7 Å². The molecule has 45 heavy (non-hydrogen) atoms. The maximum Gasteiger partial charge on any atom is 0.120 e. The molecule has 5 heteroatoms. The second kappa shape index (κ2) is 16.5. The minimum Gasteiger partial charge on any atom is -0.491 e. The van der Waals surface area contributed by atoms with E-state index >= 15 is 0 Å². The van der Waals surface area contributed by atoms with Gasteiger partial charge in [-0.2, -0.15) is 0 Å². The highest BCUT2D eigenvalue weighted by Crippen LogP contribution is 2.34. The Morgan fingerprint density at radius 3 is 1.78 bits per heavy atom. The fourth-order valence-corrected chi connectivity index (χ4v) is 5.80. The molecule has 0 spiro atoms. The van der Waals surface area contributed by atoms with Crippen LogP contribution in [0, 0.1) is 12.3 Å². The van der Waals surface area contributed by atoms with Crippen molar-refractivity contribution in [3.63, 3.8) is 0 Å². The van der Waals surface area contributed by atoms with Crippen LogP contribution in [0.1, 0.15) is 82.9 Å². The quantitative estimate of drug-likeness (QED) is 0.109. The van der Waals surface area contributed by atoms with Gasteiger partial charge in [-0.15, -0.1) is 6.42 Å². The van der Waals surface area contributed by atoms with Crippen LogP contribution in [0.2, 0.25) is 0 Å². The number of ether oxygens (including phenoxy) is 4. The first-order chi connectivity index (χ1) is 21.8. The first-order valence-electron chi connectivity index (χ1n) is 16.5. The molecule has 1 aliphatic rings. The predicted molar refractivity (Wildman–Crippen MR) is 182 cm³/mol. The highest BCUT2D eigenvalue weighted by molar-refractivity contribution is 5.34. The summed E-state index contributed by atoms with van der Waals surface area (Å²) in [6, 6.07) is 24.6. The van der Waals surface area contributed by atoms with Crippen LogP contribution in [0.15, 0.2) is 84.9 Å². The van der Waals surface area contributed by atoms with E-state index in [0.717, 1.165) is 68.8 Å². The van der Waals surface area contributed by atoms with Gasteiger partial charge in [-0.25, -0.2) is 0 Å². The summed E-state index contributed by atoms with van der Waals surface area (Å²) in [6.45, 7) is 9.64. The molecule has 5 nitrogen and oxygen atoms in total. The SMILES string of the molecule is C#C/C=C\Cc1ccc(OC(CC)(CC)CC(O)COc2ccc(Cc3ccc(OC(CC)(CC)CC4CO4)cc3)cc2)cc1. The Bertz CT molecular complexity index is 1360. The molecule has 0 radical (unpaired) electrons. The van der Waals surface area contributed by atoms with E-state index in [4.69, 9.17) is 25.4 Å². The Morgan fingerprint density at radius 2 is 1.29 bits per heavy atom. The lowest BCUT2D eigenvalue weighted by Gasteiger charge is -2.34. The molecule has 2 unspecified atom stereocenters. The average Bonchev–Trinajstić information content (AvgIpc) is 3.89. The molecule has 3 aromatic carbocycles. The van der Waals surface area contributed by atoms with Gasteiger partial charge in [0.2, 0.25) is 0 Å². The van der Waals surface area contributed by atoms with Gasteiger partial charge in [0.15, 0.2) is 0 Å². The van der Waals surface area contributed by atoms with Crippen LogP contribution >= 0.6 is 0 Å². The second-order valence-corrected chi connectivity index (χ2v) is 12.2. The minimum atomic E-state index is -0.658. The van der Waals surface area contributed by atoms with Crippen molar-refractivity contribution >= 4 is 0 Å². The van der Waals surface area contributed by atoms with Gasteiger partial charge in [0.1, 0.15) is 35.1 Å². The first kappa shape index (κ1) is 34.2. The average molecular weight is 611 g/mol. The smallest absolute Gasteiger partial charge is 0.120 e. The van der Waals surface area contributed by atoms with Crippen LogP contribution in [0.5, 0.6) is 17.2 Å². The monoisotopic (exact) mass is 610 g/mol. The zero-order chi connectivity index (χ0) is 32.1. The van der Waals surface area contributed by atoms with Crippen molar-refractivity contribution in [1.29, 1.82) is 0 Å². The summed E-state index contributed by atoms with van der Waals surface area (Å²) in [5.41, 5.74) is 2.95. The largest absolute Gasteiger partial charge is 0.491 e. The molecule has 1 fully saturated rings. The summed E-state index contributed by atoms with van der Waals surface area (Å²) in [7, 11) is 0. The molecule has 0 aromatic heterocycles. The Morgan fingerprint density at radius 1 is 0.800 bits per heavy atom. The molecule has 240 valence electrons. The third-order valence-electron chi connectivity index (χ3n) is 9.04. The molecular weight excluding hydrogens is 560 g/mol. The fraction of sp³-hybridized carbons (Fsp3) is 0.450. The van der Waals surface area contributed by atoms with Gasteiger partial charge in [0.05, 0.1) is 18.8 Å². The highest BCUT2D eigenvalue weighted by atomic mass is 16.6. The summed E-state index contributed by atoms with van der Waals surface area (Å²) in [6.07, 6.45) is 15.2. The van der Waals surface area contributed by atoms with Crippen molar-refractivity contribution in [3.8, 4) is 29.6 Å². The second-order valence-electron chi connectivity index (χ2n) is 12.2. The van der Waals surface area contributed by atoms with Gasteiger partial charge >= 0.3 is 0 Å². The third-order valence-corrected chi connectivity index (χ3v) is 9.04. The molecule has 0 saturated carbocycles. The predicted octanol–water partition coefficient (Wildman–Crippen LogP) is 8.50. The maximum atomic E-state index is 10.9. The molecule has 0 bridgehead atoms. The molecule has 1 N–H and O–H groups in total. The Balaban J connectivity index is 1.26. The normalized spacial score (nSPS) is 15.4. The fourth-order valence-electron chi connectivity index (χ4n) is 5.80. The van der Waals surface area contributed by atoms with Crippen LogP contribution in [0.4, 0.5) is 0 Å². The third kappa shape index (κ3) is 10.4. The van der Waals surface area contributed by atoms with E-state index in [0.29, 0.717) is 12.5 Å². The van der Waals surface area contributed by atoms with Gasteiger partial charge in [-0.3, -0.25) is 0 Å². The molecule has 3 aromatic rings. The van der Waals surface area contributed by atoms with E-state index < -0.39 is 11.7 Å². The molecule has 4 rings (SSSR count). The number of allylic oxidation sites excluding steroid dienone is 2. The van der Waals surface area contributed by atoms with Crippen LogP contribution in [0.3, 0.4) is 0 Å². The van der Waals surface area contributed by atoms with Gasteiger partial charge in [0.25, 0.3) is 0 Å². The van der Waals surface area contributed by atoms with Crippen molar-refractivity contribution in [2.75, 3.05) is 13.2 Å². The standard InChI is InChI=1S/C40H50O5/c1-6-11-12-13-31-14-22-36(23-15-31)44-39(7-2,8-3)27-34(41)29-42-35-20-16-32(17-21-35)26-33-18-24-37(25-19-33)45-40(9-4,10-5)28-38-30-43-38/h1,11-12,14-25,34,38,41H,7-10,13,26-30H2,2-5H3/b12-11-. The van der Waals surface area contributed by atoms with E-state index in [1.165, 1.54) is 16.7 Å². The number of aliphatic hydroxyl groups excluding tert-OH is 1. The summed E-state index contributed by atoms with van der Waals surface area (Å²) in [4.78, 5) is 0. The van der Waals surface area contributed by atoms with Crippen LogP contribution in [0.25, 0.3) is 0 Å². The van der Waals surface area contributed by atoms with Crippen LogP contribution in [-0.2, 0) is 17.6 Å². The number of hydrogen-bond donors (Lipinski definition) is 1. The van der Waals surface area contributed by atoms with E-state index in [1.807, 2.05) is 30.3 Å². The van der Waals surface area contributed by atoms with Crippen molar-refractivity contribution in [3.05, 3.63) is 102 Å². The molecule has 2 atom stereocenters. The Hall–Kier alpha value is -3.72. The Kier molecular flexibility index (Phi) is 12.6. The van der Waals surface area contributed by atoms with E-state index in [2.05, 4.69) is 82.1 Å². The zero-order valence-corrected chi connectivity index (χ0v) is 27.5. The number of benzene rings is 3. The van der Waals surface area contributed by atoms with Crippen LogP contribution < -0.4 is 14.2 Å². The molecule has 0 amide bonds. The lowest BCUT2D eigenvalue weighted by Crippen LogP contribution is -2.40. The lowest BCUT2D eigenvalue weighted by molar-refractivity contribution is -0.00985. The van der Waals surface area contributed by atoms with Gasteiger partial charge in [0, 0.05) is 12.8 Å². The maximum absolute atomic E-state index is 10.9. The van der Waals surface area contributed by atoms with Crippen molar-refractivity contribution in [2.45, 2.75) is 102 Å². The highest BCUT2D eigenvalue weighted by Gasteiger charge is 2.37. The lowest BCUT2D eigenvalue weighted by atomic mass is 9.90. The molecular formula is C40H50O5. The van der Waals surface area contributed by atoms with Gasteiger partial charge < -0.3 is 24.1 Å². The van der Waals surface area contributed by atoms with E-state index in [9.17, 15) is 5.11 Å². The molecule has 1 heterocycles. The summed E-state index contributed by atoms with van der Waals surface area (Å²) < 4.78 is 24.4. The van der Waals surface area contributed by atoms with Crippen molar-refractivity contribution < 1.29 is 24.1 Å². The first-order valence-corrected chi connectivity index (χ1v) is 16.5. The molecule has 0 aliphatic carbocycles. The number of terminal acetylenes is 1. The molecule has 1 aliphatic heterocycles. The Labute approximate surface area is 270 Å². The molecule has 1 saturated heterocycles. The number of epoxide rings is 1. The summed E-state index contributed by atoms with van der Waals surface area (Å²) in [5.74, 6) is 4.97. The van der Waals surface area contributed by atoms with E-state index in [1.54, 1.807) is 6.08 Å². The van der Waals surface area contributed by atoms with Crippen molar-refractivity contribution in [2.24, 2.45) is 0 Å². The summed E-state index contributed by atoms with van der Waals surface area (Å²) in [5, 5.41) is 10.9. The number of rotatable bonds is 19. The van der Waals surface area contributed by atoms with Gasteiger partial charge in [-0.1, -0.05) is 76.1 Å². The number of hydrogen-bond acceptors (Lipinski definition) is 5. The minimum absolute atomic E-state index is 0.166. The van der Waals surface area contributed by atoms with Crippen LogP contribution in [-0.4, -0.2) is 41.7 Å². The number of aliphatic hydroxyl groups is 1. The topological polar surface area (TPSA) is 60.5 Å². The summed E-state index contributed by atoms with van der Waals surface area (Å²) >= 11 is 0. The van der Waals surface area contributed by atoms with E-state index in [-0.39, 0.29) is 12.2 Å². The van der Waals surface area contributed by atoms with Crippen molar-refractivity contribution in [1.82, 2.24) is 0 Å². The zero-order valence-electron chi connectivity index (χ0n) is 27.5.